The summed E-state index contributed by atoms with van der Waals surface area (Å²) in [7, 11) is 0. The fourth-order valence-electron chi connectivity index (χ4n) is 2.08. The molecule has 0 aromatic rings. The van der Waals surface area contributed by atoms with Gasteiger partial charge in [-0.1, -0.05) is 0 Å². The molecule has 2 fully saturated rings. The van der Waals surface area contributed by atoms with Crippen LogP contribution in [-0.4, -0.2) is 36.0 Å². The van der Waals surface area contributed by atoms with Crippen molar-refractivity contribution >= 4 is 5.91 Å². The average Bonchev–Trinajstić information content (AvgIpc) is 2.83. The molecule has 0 spiro atoms. The van der Waals surface area contributed by atoms with E-state index in [9.17, 15) is 4.79 Å². The Morgan fingerprint density at radius 1 is 1.46 bits per heavy atom. The van der Waals surface area contributed by atoms with Crippen molar-refractivity contribution in [1.82, 2.24) is 10.2 Å². The number of amides is 1. The minimum atomic E-state index is 0.126. The zero-order chi connectivity index (χ0) is 9.26. The van der Waals surface area contributed by atoms with Gasteiger partial charge in [-0.15, -0.1) is 0 Å². The van der Waals surface area contributed by atoms with E-state index in [0.717, 1.165) is 25.9 Å². The fraction of sp³-hybridized carbons (Fsp3) is 0.900. The summed E-state index contributed by atoms with van der Waals surface area (Å²) in [6.45, 7) is 3.96. The molecule has 1 atom stereocenters. The molecular formula is C10H18N2O. The number of carbonyl (C=O) groups excluding carboxylic acids is 1. The molecule has 1 N–H and O–H groups in total. The van der Waals surface area contributed by atoms with Crippen LogP contribution in [0.5, 0.6) is 0 Å². The smallest absolute Gasteiger partial charge is 0.239 e. The van der Waals surface area contributed by atoms with Crippen LogP contribution in [0.25, 0.3) is 0 Å². The van der Waals surface area contributed by atoms with Crippen LogP contribution >= 0.6 is 0 Å². The van der Waals surface area contributed by atoms with E-state index in [4.69, 9.17) is 0 Å². The van der Waals surface area contributed by atoms with Crippen LogP contribution < -0.4 is 5.32 Å². The minimum absolute atomic E-state index is 0.126. The molecule has 2 aliphatic rings. The van der Waals surface area contributed by atoms with Gasteiger partial charge in [0.05, 0.1) is 6.04 Å². The van der Waals surface area contributed by atoms with Crippen LogP contribution in [0.2, 0.25) is 0 Å². The molecule has 13 heavy (non-hydrogen) atoms. The van der Waals surface area contributed by atoms with Crippen molar-refractivity contribution in [2.24, 2.45) is 0 Å². The highest BCUT2D eigenvalue weighted by atomic mass is 16.2. The number of nitrogens with zero attached hydrogens (tertiary/aromatic N) is 1. The van der Waals surface area contributed by atoms with Gasteiger partial charge >= 0.3 is 0 Å². The van der Waals surface area contributed by atoms with Crippen LogP contribution in [0.4, 0.5) is 0 Å². The van der Waals surface area contributed by atoms with Crippen molar-refractivity contribution in [1.29, 1.82) is 0 Å². The summed E-state index contributed by atoms with van der Waals surface area (Å²) in [5.74, 6) is 0.336. The van der Waals surface area contributed by atoms with Gasteiger partial charge in [0.2, 0.25) is 5.91 Å². The fourth-order valence-corrected chi connectivity index (χ4v) is 2.08. The van der Waals surface area contributed by atoms with Crippen LogP contribution in [0.15, 0.2) is 0 Å². The van der Waals surface area contributed by atoms with Gasteiger partial charge in [0, 0.05) is 12.6 Å². The third kappa shape index (κ3) is 1.85. The quantitative estimate of drug-likeness (QED) is 0.698. The summed E-state index contributed by atoms with van der Waals surface area (Å²) in [6, 6.07) is 0.695. The maximum Gasteiger partial charge on any atom is 0.239 e. The van der Waals surface area contributed by atoms with E-state index in [0.29, 0.717) is 11.9 Å². The van der Waals surface area contributed by atoms with E-state index in [1.807, 2.05) is 4.90 Å². The van der Waals surface area contributed by atoms with Gasteiger partial charge in [-0.2, -0.15) is 0 Å². The maximum absolute atomic E-state index is 11.9. The predicted molar refractivity (Wildman–Crippen MR) is 51.4 cm³/mol. The Hall–Kier alpha value is -0.570. The van der Waals surface area contributed by atoms with Gasteiger partial charge in [-0.3, -0.25) is 4.79 Å². The third-order valence-corrected chi connectivity index (χ3v) is 2.97. The van der Waals surface area contributed by atoms with Gasteiger partial charge in [0.15, 0.2) is 0 Å². The summed E-state index contributed by atoms with van der Waals surface area (Å²) in [6.07, 6.45) is 4.61. The second-order valence-corrected chi connectivity index (χ2v) is 4.00. The SMILES string of the molecule is CCN(C(=O)C1CCCN1)C1CC1. The highest BCUT2D eigenvalue weighted by Gasteiger charge is 2.35. The lowest BCUT2D eigenvalue weighted by atomic mass is 10.2. The summed E-state index contributed by atoms with van der Waals surface area (Å²) in [4.78, 5) is 14.0. The highest BCUT2D eigenvalue weighted by Crippen LogP contribution is 2.27. The second kappa shape index (κ2) is 3.66. The summed E-state index contributed by atoms with van der Waals surface area (Å²) in [5, 5.41) is 3.26. The first kappa shape index (κ1) is 9.00. The normalized spacial score (nSPS) is 27.6. The Morgan fingerprint density at radius 3 is 2.69 bits per heavy atom. The van der Waals surface area contributed by atoms with Crippen LogP contribution in [0.1, 0.15) is 32.6 Å². The topological polar surface area (TPSA) is 32.3 Å². The number of hydrogen-bond acceptors (Lipinski definition) is 2. The van der Waals surface area contributed by atoms with Gasteiger partial charge in [-0.25, -0.2) is 0 Å². The molecule has 0 radical (unpaired) electrons. The first-order chi connectivity index (χ1) is 6.33. The molecule has 1 aliphatic carbocycles. The largest absolute Gasteiger partial charge is 0.339 e. The molecule has 74 valence electrons. The Bertz CT molecular complexity index is 195. The Balaban J connectivity index is 1.92. The third-order valence-electron chi connectivity index (χ3n) is 2.97. The van der Waals surface area contributed by atoms with Crippen molar-refractivity contribution in [3.8, 4) is 0 Å². The highest BCUT2D eigenvalue weighted by molar-refractivity contribution is 5.82. The predicted octanol–water partition coefficient (Wildman–Crippen LogP) is 0.749. The summed E-state index contributed by atoms with van der Waals surface area (Å²) >= 11 is 0. The first-order valence-corrected chi connectivity index (χ1v) is 5.36. The van der Waals surface area contributed by atoms with Gasteiger partial charge < -0.3 is 10.2 Å². The van der Waals surface area contributed by atoms with Crippen molar-refractivity contribution in [2.75, 3.05) is 13.1 Å². The lowest BCUT2D eigenvalue weighted by molar-refractivity contribution is -0.133. The molecule has 2 rings (SSSR count). The van der Waals surface area contributed by atoms with E-state index >= 15 is 0 Å². The van der Waals surface area contributed by atoms with E-state index in [1.165, 1.54) is 12.8 Å². The number of rotatable bonds is 3. The number of likely N-dealkylation sites (N-methyl/N-ethyl adjacent to an activating group) is 1. The zero-order valence-corrected chi connectivity index (χ0v) is 8.25. The summed E-state index contributed by atoms with van der Waals surface area (Å²) < 4.78 is 0. The first-order valence-electron chi connectivity index (χ1n) is 5.36. The van der Waals surface area contributed by atoms with E-state index in [1.54, 1.807) is 0 Å². The number of hydrogen-bond donors (Lipinski definition) is 1. The lowest BCUT2D eigenvalue weighted by Crippen LogP contribution is -2.44. The number of nitrogens with one attached hydrogen (secondary N) is 1. The van der Waals surface area contributed by atoms with Gasteiger partial charge in [-0.05, 0) is 39.2 Å². The molecular weight excluding hydrogens is 164 g/mol. The van der Waals surface area contributed by atoms with Crippen molar-refractivity contribution in [2.45, 2.75) is 44.7 Å². The Morgan fingerprint density at radius 2 is 2.23 bits per heavy atom. The van der Waals surface area contributed by atoms with Gasteiger partial charge in [0.25, 0.3) is 0 Å². The molecule has 1 saturated carbocycles. The van der Waals surface area contributed by atoms with Crippen molar-refractivity contribution in [3.63, 3.8) is 0 Å². The zero-order valence-electron chi connectivity index (χ0n) is 8.25. The summed E-state index contributed by atoms with van der Waals surface area (Å²) in [5.41, 5.74) is 0. The molecule has 1 unspecified atom stereocenters. The molecule has 0 bridgehead atoms. The minimum Gasteiger partial charge on any atom is -0.339 e. The van der Waals surface area contributed by atoms with Crippen LogP contribution in [-0.2, 0) is 4.79 Å². The van der Waals surface area contributed by atoms with Gasteiger partial charge in [0.1, 0.15) is 0 Å². The molecule has 0 aromatic carbocycles. The Labute approximate surface area is 79.5 Å². The van der Waals surface area contributed by atoms with E-state index in [2.05, 4.69) is 12.2 Å². The molecule has 1 heterocycles. The van der Waals surface area contributed by atoms with Crippen molar-refractivity contribution < 1.29 is 4.79 Å². The maximum atomic E-state index is 11.9. The lowest BCUT2D eigenvalue weighted by Gasteiger charge is -2.23. The van der Waals surface area contributed by atoms with Crippen LogP contribution in [0.3, 0.4) is 0 Å². The Kier molecular flexibility index (Phi) is 2.54. The molecule has 0 aromatic heterocycles. The molecule has 3 heteroatoms. The van der Waals surface area contributed by atoms with Crippen molar-refractivity contribution in [3.05, 3.63) is 0 Å². The molecule has 1 saturated heterocycles. The standard InChI is InChI=1S/C10H18N2O/c1-2-12(8-5-6-8)10(13)9-4-3-7-11-9/h8-9,11H,2-7H2,1H3. The van der Waals surface area contributed by atoms with E-state index in [-0.39, 0.29) is 6.04 Å². The average molecular weight is 182 g/mol. The molecule has 3 nitrogen and oxygen atoms in total. The monoisotopic (exact) mass is 182 g/mol. The second-order valence-electron chi connectivity index (χ2n) is 4.00. The van der Waals surface area contributed by atoms with Crippen LogP contribution in [0, 0.1) is 0 Å². The molecule has 1 aliphatic heterocycles. The molecule has 1 amide bonds. The van der Waals surface area contributed by atoms with E-state index < -0.39 is 0 Å². The number of carbonyl (C=O) groups is 1.